The number of aromatic nitrogens is 2. The summed E-state index contributed by atoms with van der Waals surface area (Å²) in [5.74, 6) is 0.864. The SMILES string of the molecule is CCNC(=NCCCn1ccc2ccccc21)NCCCCn1c(C)cccc1=O.I. The van der Waals surface area contributed by atoms with Gasteiger partial charge in [0, 0.05) is 56.2 Å². The predicted octanol–water partition coefficient (Wildman–Crippen LogP) is 4.16. The van der Waals surface area contributed by atoms with Crippen LogP contribution in [0.4, 0.5) is 0 Å². The fraction of sp³-hybridized carbons (Fsp3) is 0.417. The van der Waals surface area contributed by atoms with Crippen LogP contribution in [0.25, 0.3) is 10.9 Å². The molecule has 0 saturated heterocycles. The molecule has 0 saturated carbocycles. The first-order valence-corrected chi connectivity index (χ1v) is 10.9. The van der Waals surface area contributed by atoms with E-state index in [2.05, 4.69) is 58.7 Å². The summed E-state index contributed by atoms with van der Waals surface area (Å²) in [5, 5.41) is 8.00. The van der Waals surface area contributed by atoms with Crippen molar-refractivity contribution in [1.82, 2.24) is 19.8 Å². The van der Waals surface area contributed by atoms with Gasteiger partial charge in [0.25, 0.3) is 5.56 Å². The summed E-state index contributed by atoms with van der Waals surface area (Å²) in [6.07, 6.45) is 5.08. The van der Waals surface area contributed by atoms with Crippen LogP contribution in [0, 0.1) is 6.92 Å². The molecule has 0 unspecified atom stereocenters. The van der Waals surface area contributed by atoms with E-state index in [0.29, 0.717) is 0 Å². The van der Waals surface area contributed by atoms with Gasteiger partial charge in [-0.15, -0.1) is 24.0 Å². The Hall–Kier alpha value is -2.29. The van der Waals surface area contributed by atoms with Crippen molar-refractivity contribution in [3.05, 3.63) is 70.8 Å². The molecule has 168 valence electrons. The molecule has 2 aromatic heterocycles. The van der Waals surface area contributed by atoms with E-state index in [1.165, 1.54) is 10.9 Å². The highest BCUT2D eigenvalue weighted by atomic mass is 127. The largest absolute Gasteiger partial charge is 0.357 e. The minimum absolute atomic E-state index is 0. The van der Waals surface area contributed by atoms with Gasteiger partial charge in [0.1, 0.15) is 0 Å². The minimum atomic E-state index is 0. The highest BCUT2D eigenvalue weighted by Crippen LogP contribution is 2.15. The van der Waals surface area contributed by atoms with Gasteiger partial charge in [0.05, 0.1) is 0 Å². The van der Waals surface area contributed by atoms with E-state index < -0.39 is 0 Å². The summed E-state index contributed by atoms with van der Waals surface area (Å²) in [6, 6.07) is 16.0. The van der Waals surface area contributed by atoms with E-state index in [9.17, 15) is 4.79 Å². The number of hydrogen-bond donors (Lipinski definition) is 2. The number of nitrogens with one attached hydrogen (secondary N) is 2. The molecule has 0 aliphatic heterocycles. The number of hydrogen-bond acceptors (Lipinski definition) is 2. The van der Waals surface area contributed by atoms with E-state index in [4.69, 9.17) is 4.99 Å². The molecule has 0 atom stereocenters. The molecule has 2 heterocycles. The number of rotatable bonds is 10. The molecule has 3 rings (SSSR count). The molecule has 0 aliphatic carbocycles. The molecule has 3 aromatic rings. The minimum Gasteiger partial charge on any atom is -0.357 e. The van der Waals surface area contributed by atoms with Crippen molar-refractivity contribution >= 4 is 40.8 Å². The van der Waals surface area contributed by atoms with Crippen LogP contribution in [0.3, 0.4) is 0 Å². The highest BCUT2D eigenvalue weighted by molar-refractivity contribution is 14.0. The molecule has 0 bridgehead atoms. The Morgan fingerprint density at radius 2 is 1.81 bits per heavy atom. The quantitative estimate of drug-likeness (QED) is 0.178. The number of guanidine groups is 1. The summed E-state index contributed by atoms with van der Waals surface area (Å²) < 4.78 is 4.13. The molecular formula is C24H34IN5O. The van der Waals surface area contributed by atoms with Crippen LogP contribution in [-0.4, -0.2) is 34.7 Å². The molecule has 0 radical (unpaired) electrons. The van der Waals surface area contributed by atoms with Crippen LogP contribution in [-0.2, 0) is 13.1 Å². The zero-order valence-electron chi connectivity index (χ0n) is 18.5. The van der Waals surface area contributed by atoms with Crippen molar-refractivity contribution < 1.29 is 0 Å². The van der Waals surface area contributed by atoms with Crippen LogP contribution in [0.1, 0.15) is 31.9 Å². The summed E-state index contributed by atoms with van der Waals surface area (Å²) >= 11 is 0. The van der Waals surface area contributed by atoms with Crippen LogP contribution < -0.4 is 16.2 Å². The topological polar surface area (TPSA) is 63.4 Å². The number of halogens is 1. The van der Waals surface area contributed by atoms with Gasteiger partial charge in [-0.3, -0.25) is 9.79 Å². The van der Waals surface area contributed by atoms with Crippen molar-refractivity contribution in [2.24, 2.45) is 4.99 Å². The monoisotopic (exact) mass is 535 g/mol. The molecule has 7 heteroatoms. The van der Waals surface area contributed by atoms with E-state index >= 15 is 0 Å². The van der Waals surface area contributed by atoms with Crippen molar-refractivity contribution in [3.63, 3.8) is 0 Å². The summed E-state index contributed by atoms with van der Waals surface area (Å²) in [7, 11) is 0. The predicted molar refractivity (Wildman–Crippen MR) is 141 cm³/mol. The zero-order chi connectivity index (χ0) is 21.2. The average Bonchev–Trinajstić information content (AvgIpc) is 3.16. The molecule has 0 amide bonds. The number of unbranched alkanes of at least 4 members (excludes halogenated alkanes) is 1. The highest BCUT2D eigenvalue weighted by Gasteiger charge is 2.02. The van der Waals surface area contributed by atoms with Crippen LogP contribution >= 0.6 is 24.0 Å². The second-order valence-corrected chi connectivity index (χ2v) is 7.47. The molecule has 31 heavy (non-hydrogen) atoms. The van der Waals surface area contributed by atoms with Gasteiger partial charge in [-0.2, -0.15) is 0 Å². The summed E-state index contributed by atoms with van der Waals surface area (Å²) in [5.41, 5.74) is 2.37. The Morgan fingerprint density at radius 1 is 0.968 bits per heavy atom. The van der Waals surface area contributed by atoms with E-state index in [-0.39, 0.29) is 29.5 Å². The fourth-order valence-corrected chi connectivity index (χ4v) is 3.62. The Labute approximate surface area is 201 Å². The number of para-hydroxylation sites is 1. The third-order valence-electron chi connectivity index (χ3n) is 5.22. The molecule has 0 spiro atoms. The normalized spacial score (nSPS) is 11.4. The van der Waals surface area contributed by atoms with E-state index in [1.807, 2.05) is 23.6 Å². The van der Waals surface area contributed by atoms with Gasteiger partial charge in [0.2, 0.25) is 0 Å². The Morgan fingerprint density at radius 3 is 2.61 bits per heavy atom. The van der Waals surface area contributed by atoms with Crippen LogP contribution in [0.2, 0.25) is 0 Å². The standard InChI is InChI=1S/C24H33N5O.HI/c1-3-25-24(26-15-6-7-18-29-20(2)10-8-13-23(29)30)27-16-9-17-28-19-14-21-11-4-5-12-22(21)28;/h4-5,8,10-14,19H,3,6-7,9,15-18H2,1-2H3,(H2,25,26,27);1H. The number of pyridine rings is 1. The number of nitrogens with zero attached hydrogens (tertiary/aromatic N) is 3. The van der Waals surface area contributed by atoms with Crippen LogP contribution in [0.15, 0.2) is 64.5 Å². The fourth-order valence-electron chi connectivity index (χ4n) is 3.62. The Balaban J connectivity index is 0.00000341. The third-order valence-corrected chi connectivity index (χ3v) is 5.22. The van der Waals surface area contributed by atoms with Crippen molar-refractivity contribution in [2.45, 2.75) is 46.2 Å². The second kappa shape index (κ2) is 13.2. The maximum atomic E-state index is 11.9. The van der Waals surface area contributed by atoms with E-state index in [0.717, 1.165) is 63.6 Å². The average molecular weight is 535 g/mol. The zero-order valence-corrected chi connectivity index (χ0v) is 20.8. The molecular weight excluding hydrogens is 501 g/mol. The number of benzene rings is 1. The van der Waals surface area contributed by atoms with Gasteiger partial charge in [0.15, 0.2) is 5.96 Å². The Kier molecular flexibility index (Phi) is 10.6. The van der Waals surface area contributed by atoms with Gasteiger partial charge in [-0.25, -0.2) is 0 Å². The third kappa shape index (κ3) is 7.41. The lowest BCUT2D eigenvalue weighted by Crippen LogP contribution is -2.38. The summed E-state index contributed by atoms with van der Waals surface area (Å²) in [4.78, 5) is 16.6. The van der Waals surface area contributed by atoms with Gasteiger partial charge in [-0.05, 0) is 56.7 Å². The number of aryl methyl sites for hydroxylation is 2. The maximum Gasteiger partial charge on any atom is 0.250 e. The Bertz CT molecular complexity index is 1020. The lowest BCUT2D eigenvalue weighted by atomic mass is 10.2. The first kappa shape index (κ1) is 25.0. The van der Waals surface area contributed by atoms with Gasteiger partial charge < -0.3 is 19.8 Å². The second-order valence-electron chi connectivity index (χ2n) is 7.47. The van der Waals surface area contributed by atoms with Gasteiger partial charge >= 0.3 is 0 Å². The molecule has 0 fully saturated rings. The molecule has 6 nitrogen and oxygen atoms in total. The number of aliphatic imine (C=N–C) groups is 1. The number of fused-ring (bicyclic) bond motifs is 1. The van der Waals surface area contributed by atoms with Gasteiger partial charge in [-0.1, -0.05) is 24.3 Å². The maximum absolute atomic E-state index is 11.9. The lowest BCUT2D eigenvalue weighted by Gasteiger charge is -2.12. The first-order valence-electron chi connectivity index (χ1n) is 10.9. The van der Waals surface area contributed by atoms with Crippen molar-refractivity contribution in [2.75, 3.05) is 19.6 Å². The van der Waals surface area contributed by atoms with Crippen molar-refractivity contribution in [3.8, 4) is 0 Å². The lowest BCUT2D eigenvalue weighted by molar-refractivity contribution is 0.574. The molecule has 1 aromatic carbocycles. The van der Waals surface area contributed by atoms with Crippen molar-refractivity contribution in [1.29, 1.82) is 0 Å². The van der Waals surface area contributed by atoms with Crippen LogP contribution in [0.5, 0.6) is 0 Å². The molecule has 2 N–H and O–H groups in total. The van der Waals surface area contributed by atoms with E-state index in [1.54, 1.807) is 6.07 Å². The molecule has 0 aliphatic rings. The smallest absolute Gasteiger partial charge is 0.250 e. The summed E-state index contributed by atoms with van der Waals surface area (Å²) in [6.45, 7) is 8.23. The first-order chi connectivity index (χ1) is 14.7.